The molecule has 0 radical (unpaired) electrons. The van der Waals surface area contributed by atoms with Gasteiger partial charge < -0.3 is 10.2 Å². The highest BCUT2D eigenvalue weighted by molar-refractivity contribution is 5.71. The van der Waals surface area contributed by atoms with Gasteiger partial charge in [0.1, 0.15) is 12.1 Å². The summed E-state index contributed by atoms with van der Waals surface area (Å²) in [5.74, 6) is 0.225. The van der Waals surface area contributed by atoms with Gasteiger partial charge in [-0.1, -0.05) is 42.5 Å². The average molecular weight is 465 g/mol. The molecule has 1 aliphatic rings. The van der Waals surface area contributed by atoms with Crippen molar-refractivity contribution < 1.29 is 9.31 Å². The summed E-state index contributed by atoms with van der Waals surface area (Å²) in [6, 6.07) is 16.5. The number of nitro groups is 1. The first kappa shape index (κ1) is 23.6. The van der Waals surface area contributed by atoms with E-state index in [1.165, 1.54) is 24.0 Å². The molecule has 0 aliphatic carbocycles. The van der Waals surface area contributed by atoms with Crippen molar-refractivity contribution in [2.45, 2.75) is 32.4 Å². The molecule has 178 valence electrons. The van der Waals surface area contributed by atoms with Gasteiger partial charge >= 0.3 is 5.69 Å². The van der Waals surface area contributed by atoms with Gasteiger partial charge in [-0.15, -0.1) is 0 Å². The Labute approximate surface area is 198 Å². The third-order valence-corrected chi connectivity index (χ3v) is 5.92. The normalized spacial score (nSPS) is 14.7. The minimum absolute atomic E-state index is 0.119. The van der Waals surface area contributed by atoms with Crippen LogP contribution in [0.5, 0.6) is 0 Å². The predicted molar refractivity (Wildman–Crippen MR) is 130 cm³/mol. The summed E-state index contributed by atoms with van der Waals surface area (Å²) in [6.45, 7) is 7.58. The number of benzene rings is 2. The lowest BCUT2D eigenvalue weighted by molar-refractivity contribution is -0.383. The van der Waals surface area contributed by atoms with Crippen LogP contribution in [0.2, 0.25) is 0 Å². The second kappa shape index (κ2) is 10.1. The van der Waals surface area contributed by atoms with E-state index >= 15 is 0 Å². The molecular formula is C25H29FN6O2. The highest BCUT2D eigenvalue weighted by Gasteiger charge is 2.31. The molecule has 0 amide bonds. The van der Waals surface area contributed by atoms with E-state index < -0.39 is 10.5 Å². The van der Waals surface area contributed by atoms with Crippen molar-refractivity contribution in [2.75, 3.05) is 36.4 Å². The Morgan fingerprint density at radius 2 is 1.68 bits per heavy atom. The smallest absolute Gasteiger partial charge is 0.353 e. The molecule has 2 heterocycles. The van der Waals surface area contributed by atoms with Crippen molar-refractivity contribution in [2.24, 2.45) is 0 Å². The summed E-state index contributed by atoms with van der Waals surface area (Å²) in [4.78, 5) is 24.5. The van der Waals surface area contributed by atoms with Gasteiger partial charge in [0.25, 0.3) is 0 Å². The van der Waals surface area contributed by atoms with Crippen LogP contribution in [0.15, 0.2) is 60.9 Å². The first-order valence-corrected chi connectivity index (χ1v) is 11.3. The first-order valence-electron chi connectivity index (χ1n) is 11.3. The van der Waals surface area contributed by atoms with E-state index in [2.05, 4.69) is 32.3 Å². The fraction of sp³-hybridized carbons (Fsp3) is 0.360. The zero-order valence-corrected chi connectivity index (χ0v) is 19.4. The molecular weight excluding hydrogens is 435 g/mol. The van der Waals surface area contributed by atoms with Crippen LogP contribution in [-0.2, 0) is 13.0 Å². The molecule has 1 N–H and O–H groups in total. The topological polar surface area (TPSA) is 87.4 Å². The number of anilines is 2. The summed E-state index contributed by atoms with van der Waals surface area (Å²) in [5, 5.41) is 15.3. The Hall–Kier alpha value is -3.59. The number of rotatable bonds is 8. The Bertz CT molecular complexity index is 1120. The van der Waals surface area contributed by atoms with E-state index in [1.807, 2.05) is 36.9 Å². The maximum Gasteiger partial charge on any atom is 0.353 e. The summed E-state index contributed by atoms with van der Waals surface area (Å²) in [5.41, 5.74) is 1.50. The Morgan fingerprint density at radius 1 is 1.00 bits per heavy atom. The summed E-state index contributed by atoms with van der Waals surface area (Å²) < 4.78 is 13.2. The number of nitrogens with one attached hydrogen (secondary N) is 1. The zero-order valence-electron chi connectivity index (χ0n) is 19.4. The highest BCUT2D eigenvalue weighted by atomic mass is 19.1. The Kier molecular flexibility index (Phi) is 7.02. The Balaban J connectivity index is 1.48. The maximum atomic E-state index is 13.2. The third kappa shape index (κ3) is 5.85. The lowest BCUT2D eigenvalue weighted by Gasteiger charge is -2.35. The quantitative estimate of drug-likeness (QED) is 0.393. The van der Waals surface area contributed by atoms with Gasteiger partial charge in [0, 0.05) is 38.3 Å². The van der Waals surface area contributed by atoms with Crippen LogP contribution in [0.1, 0.15) is 25.0 Å². The van der Waals surface area contributed by atoms with Gasteiger partial charge in [-0.3, -0.25) is 15.0 Å². The predicted octanol–water partition coefficient (Wildman–Crippen LogP) is 4.28. The molecule has 8 nitrogen and oxygen atoms in total. The molecule has 1 saturated heterocycles. The molecule has 3 aromatic rings. The Morgan fingerprint density at radius 3 is 2.32 bits per heavy atom. The average Bonchev–Trinajstić information content (AvgIpc) is 2.81. The standard InChI is InChI=1S/C25H29FN6O2/c1-25(2,16-19-8-10-21(26)11-9-19)29-23-22(32(33)34)24(28-18-27-23)31-14-12-30(13-15-31)17-20-6-4-3-5-7-20/h3-11,18H,12-17H2,1-2H3,(H,27,28,29). The molecule has 1 aliphatic heterocycles. The fourth-order valence-electron chi connectivity index (χ4n) is 4.30. The van der Waals surface area contributed by atoms with Crippen LogP contribution in [-0.4, -0.2) is 51.5 Å². The SMILES string of the molecule is CC(C)(Cc1ccc(F)cc1)Nc1ncnc(N2CCN(Cc3ccccc3)CC2)c1[N+](=O)[O-]. The monoisotopic (exact) mass is 464 g/mol. The maximum absolute atomic E-state index is 13.2. The van der Waals surface area contributed by atoms with Gasteiger partial charge in [-0.2, -0.15) is 0 Å². The van der Waals surface area contributed by atoms with Crippen LogP contribution in [0.25, 0.3) is 0 Å². The van der Waals surface area contributed by atoms with E-state index in [0.717, 1.165) is 25.2 Å². The van der Waals surface area contributed by atoms with Crippen molar-refractivity contribution in [3.63, 3.8) is 0 Å². The lowest BCUT2D eigenvalue weighted by atomic mass is 9.95. The van der Waals surface area contributed by atoms with E-state index in [-0.39, 0.29) is 17.3 Å². The molecule has 0 saturated carbocycles. The molecule has 1 aromatic heterocycles. The first-order chi connectivity index (χ1) is 16.3. The van der Waals surface area contributed by atoms with Crippen LogP contribution >= 0.6 is 0 Å². The third-order valence-electron chi connectivity index (χ3n) is 5.92. The summed E-state index contributed by atoms with van der Waals surface area (Å²) >= 11 is 0. The number of hydrogen-bond acceptors (Lipinski definition) is 7. The largest absolute Gasteiger partial charge is 0.359 e. The zero-order chi connectivity index (χ0) is 24.1. The van der Waals surface area contributed by atoms with Crippen LogP contribution < -0.4 is 10.2 Å². The molecule has 0 bridgehead atoms. The molecule has 2 aromatic carbocycles. The van der Waals surface area contributed by atoms with Gasteiger partial charge in [-0.25, -0.2) is 14.4 Å². The molecule has 4 rings (SSSR count). The van der Waals surface area contributed by atoms with Crippen LogP contribution in [0.3, 0.4) is 0 Å². The van der Waals surface area contributed by atoms with E-state index in [0.29, 0.717) is 25.3 Å². The van der Waals surface area contributed by atoms with Crippen LogP contribution in [0.4, 0.5) is 21.7 Å². The molecule has 1 fully saturated rings. The van der Waals surface area contributed by atoms with Crippen molar-refractivity contribution in [3.8, 4) is 0 Å². The lowest BCUT2D eigenvalue weighted by Crippen LogP contribution is -2.46. The highest BCUT2D eigenvalue weighted by Crippen LogP contribution is 2.34. The number of halogens is 1. The van der Waals surface area contributed by atoms with Crippen molar-refractivity contribution in [3.05, 3.63) is 88.0 Å². The number of aromatic nitrogens is 2. The van der Waals surface area contributed by atoms with Gasteiger partial charge in [0.2, 0.25) is 11.6 Å². The van der Waals surface area contributed by atoms with Crippen molar-refractivity contribution in [1.29, 1.82) is 0 Å². The molecule has 0 atom stereocenters. The minimum Gasteiger partial charge on any atom is -0.359 e. The molecule has 0 spiro atoms. The second-order valence-electron chi connectivity index (χ2n) is 9.21. The molecule has 9 heteroatoms. The number of hydrogen-bond donors (Lipinski definition) is 1. The van der Waals surface area contributed by atoms with Gasteiger partial charge in [0.15, 0.2) is 0 Å². The van der Waals surface area contributed by atoms with E-state index in [1.54, 1.807) is 12.1 Å². The van der Waals surface area contributed by atoms with E-state index in [9.17, 15) is 14.5 Å². The molecule has 0 unspecified atom stereocenters. The minimum atomic E-state index is -0.553. The fourth-order valence-corrected chi connectivity index (χ4v) is 4.30. The number of piperazine rings is 1. The van der Waals surface area contributed by atoms with Crippen molar-refractivity contribution >= 4 is 17.3 Å². The summed E-state index contributed by atoms with van der Waals surface area (Å²) in [6.07, 6.45) is 1.91. The summed E-state index contributed by atoms with van der Waals surface area (Å²) in [7, 11) is 0. The van der Waals surface area contributed by atoms with Crippen molar-refractivity contribution in [1.82, 2.24) is 14.9 Å². The second-order valence-corrected chi connectivity index (χ2v) is 9.21. The molecule has 34 heavy (non-hydrogen) atoms. The van der Waals surface area contributed by atoms with Gasteiger partial charge in [-0.05, 0) is 43.5 Å². The van der Waals surface area contributed by atoms with Gasteiger partial charge in [0.05, 0.1) is 4.92 Å². The number of nitrogens with zero attached hydrogens (tertiary/aromatic N) is 5. The van der Waals surface area contributed by atoms with E-state index in [4.69, 9.17) is 0 Å². The van der Waals surface area contributed by atoms with Crippen LogP contribution in [0, 0.1) is 15.9 Å².